The van der Waals surface area contributed by atoms with Crippen LogP contribution in [0.3, 0.4) is 0 Å². The zero-order valence-electron chi connectivity index (χ0n) is 3.98. The predicted molar refractivity (Wildman–Crippen MR) is 22.2 cm³/mol. The second-order valence-electron chi connectivity index (χ2n) is 0.997. The fourth-order valence-electron chi connectivity index (χ4n) is 0.151. The molecule has 3 heteroatoms. The van der Waals surface area contributed by atoms with E-state index in [-0.39, 0.29) is 28.1 Å². The van der Waals surface area contributed by atoms with E-state index >= 15 is 0 Å². The van der Waals surface area contributed by atoms with Crippen molar-refractivity contribution in [2.75, 3.05) is 0 Å². The molecule has 0 spiro atoms. The number of hydrogen-bond donors (Lipinski definition) is 1. The summed E-state index contributed by atoms with van der Waals surface area (Å²) in [5.41, 5.74) is 0. The summed E-state index contributed by atoms with van der Waals surface area (Å²) in [6.07, 6.45) is 0.662. The Hall–Kier alpha value is 0.184. The molecule has 0 saturated heterocycles. The Labute approximate surface area is 57.8 Å². The first-order chi connectivity index (χ1) is 2.77. The van der Waals surface area contributed by atoms with Gasteiger partial charge in [-0.3, -0.25) is 4.79 Å². The van der Waals surface area contributed by atoms with Crippen molar-refractivity contribution in [1.29, 1.82) is 0 Å². The summed E-state index contributed by atoms with van der Waals surface area (Å²) in [6, 6.07) is 0. The quantitative estimate of drug-likeness (QED) is 0.446. The molecule has 0 aromatic carbocycles. The molecule has 0 unspecified atom stereocenters. The van der Waals surface area contributed by atoms with Crippen LogP contribution in [0.5, 0.6) is 0 Å². The van der Waals surface area contributed by atoms with Crippen molar-refractivity contribution >= 4 is 5.97 Å². The van der Waals surface area contributed by atoms with Gasteiger partial charge in [-0.25, -0.2) is 0 Å². The first-order valence-electron chi connectivity index (χ1n) is 1.78. The topological polar surface area (TPSA) is 37.3 Å². The van der Waals surface area contributed by atoms with Crippen LogP contribution in [0.15, 0.2) is 0 Å². The first-order valence-corrected chi connectivity index (χ1v) is 1.78. The van der Waals surface area contributed by atoms with E-state index in [2.05, 4.69) is 6.92 Å². The Bertz CT molecular complexity index is 53.7. The number of rotatable bonds is 2. The van der Waals surface area contributed by atoms with Gasteiger partial charge in [0.25, 0.3) is 0 Å². The summed E-state index contributed by atoms with van der Waals surface area (Å²) in [5, 5.41) is 7.87. The molecule has 40 valence electrons. The normalized spacial score (nSPS) is 7.00. The fraction of sp³-hybridized carbons (Fsp3) is 0.500. The van der Waals surface area contributed by atoms with Gasteiger partial charge in [0.05, 0.1) is 0 Å². The van der Waals surface area contributed by atoms with Crippen molar-refractivity contribution in [3.8, 4) is 0 Å². The third-order valence-electron chi connectivity index (χ3n) is 0.391. The first kappa shape index (κ1) is 10.2. The monoisotopic (exact) mass is 135 g/mol. The molecule has 0 aromatic heterocycles. The van der Waals surface area contributed by atoms with Crippen LogP contribution in [0.2, 0.25) is 0 Å². The van der Waals surface area contributed by atoms with Crippen LogP contribution in [-0.4, -0.2) is 11.1 Å². The maximum Gasteiger partial charge on any atom is 0.300 e. The molecule has 2 nitrogen and oxygen atoms in total. The Morgan fingerprint density at radius 1 is 1.71 bits per heavy atom. The molecule has 0 amide bonds. The second kappa shape index (κ2) is 6.18. The minimum Gasteiger partial charge on any atom is -0.481 e. The molecule has 0 bridgehead atoms. The SMILES string of the molecule is [CH2-]CCC(=O)O.[Ti]. The minimum atomic E-state index is -0.773. The summed E-state index contributed by atoms with van der Waals surface area (Å²) < 4.78 is 0. The molecule has 0 aliphatic carbocycles. The maximum absolute atomic E-state index is 9.56. The molecule has 0 saturated carbocycles. The standard InChI is InChI=1S/C4H7O2.Ti/c1-2-3-4(5)6;/h1-3H2,(H,5,6);/q-1;. The van der Waals surface area contributed by atoms with Crippen molar-refractivity contribution < 1.29 is 31.6 Å². The molecule has 0 aliphatic heterocycles. The molecule has 0 atom stereocenters. The molecule has 0 fully saturated rings. The van der Waals surface area contributed by atoms with E-state index in [1.54, 1.807) is 0 Å². The smallest absolute Gasteiger partial charge is 0.300 e. The number of carboxylic acid groups (broad SMARTS) is 1. The van der Waals surface area contributed by atoms with E-state index in [0.29, 0.717) is 6.42 Å². The van der Waals surface area contributed by atoms with Crippen LogP contribution in [0.4, 0.5) is 0 Å². The van der Waals surface area contributed by atoms with Crippen LogP contribution in [0, 0.1) is 6.92 Å². The minimum absolute atomic E-state index is 0. The molecule has 7 heavy (non-hydrogen) atoms. The summed E-state index contributed by atoms with van der Waals surface area (Å²) in [4.78, 5) is 9.56. The Morgan fingerprint density at radius 2 is 2.14 bits per heavy atom. The van der Waals surface area contributed by atoms with Gasteiger partial charge in [0.2, 0.25) is 0 Å². The molecule has 0 heterocycles. The molecule has 0 aliphatic rings. The summed E-state index contributed by atoms with van der Waals surface area (Å²) in [6.45, 7) is 3.34. The number of carbonyl (C=O) groups is 1. The van der Waals surface area contributed by atoms with E-state index < -0.39 is 5.97 Å². The molecule has 0 radical (unpaired) electrons. The average Bonchev–Trinajstić information content (AvgIpc) is 1.35. The Morgan fingerprint density at radius 3 is 2.14 bits per heavy atom. The van der Waals surface area contributed by atoms with Gasteiger partial charge in [0.1, 0.15) is 0 Å². The van der Waals surface area contributed by atoms with Gasteiger partial charge in [-0.2, -0.15) is 6.42 Å². The van der Waals surface area contributed by atoms with Crippen molar-refractivity contribution in [2.24, 2.45) is 0 Å². The van der Waals surface area contributed by atoms with Gasteiger partial charge in [0.15, 0.2) is 0 Å². The summed E-state index contributed by atoms with van der Waals surface area (Å²) in [7, 11) is 0. The summed E-state index contributed by atoms with van der Waals surface area (Å²) >= 11 is 0. The number of carboxylic acids is 1. The van der Waals surface area contributed by atoms with E-state index in [0.717, 1.165) is 0 Å². The van der Waals surface area contributed by atoms with E-state index in [1.165, 1.54) is 0 Å². The number of aliphatic carboxylic acids is 1. The fourth-order valence-corrected chi connectivity index (χ4v) is 0.151. The third kappa shape index (κ3) is 10.7. The molecular formula is C4H7O2Ti-. The van der Waals surface area contributed by atoms with Crippen molar-refractivity contribution in [2.45, 2.75) is 12.8 Å². The van der Waals surface area contributed by atoms with Gasteiger partial charge >= 0.3 is 5.97 Å². The van der Waals surface area contributed by atoms with E-state index in [9.17, 15) is 4.79 Å². The molecule has 0 aromatic rings. The Balaban J connectivity index is 0. The van der Waals surface area contributed by atoms with Crippen molar-refractivity contribution in [3.63, 3.8) is 0 Å². The second-order valence-corrected chi connectivity index (χ2v) is 0.997. The van der Waals surface area contributed by atoms with E-state index in [1.807, 2.05) is 0 Å². The van der Waals surface area contributed by atoms with Gasteiger partial charge in [-0.15, -0.1) is 0 Å². The predicted octanol–water partition coefficient (Wildman–Crippen LogP) is 0.683. The van der Waals surface area contributed by atoms with Gasteiger partial charge < -0.3 is 12.0 Å². The van der Waals surface area contributed by atoms with Crippen molar-refractivity contribution in [1.82, 2.24) is 0 Å². The maximum atomic E-state index is 9.56. The van der Waals surface area contributed by atoms with Crippen LogP contribution in [-0.2, 0) is 26.5 Å². The van der Waals surface area contributed by atoms with Gasteiger partial charge in [-0.1, -0.05) is 0 Å². The summed E-state index contributed by atoms with van der Waals surface area (Å²) in [5.74, 6) is -0.773. The number of hydrogen-bond acceptors (Lipinski definition) is 1. The van der Waals surface area contributed by atoms with Crippen LogP contribution in [0.25, 0.3) is 0 Å². The zero-order chi connectivity index (χ0) is 4.99. The van der Waals surface area contributed by atoms with Gasteiger partial charge in [-0.05, 0) is 0 Å². The average molecular weight is 135 g/mol. The molecule has 0 rings (SSSR count). The Kier molecular flexibility index (Phi) is 9.03. The van der Waals surface area contributed by atoms with Crippen LogP contribution >= 0.6 is 0 Å². The molecular weight excluding hydrogens is 128 g/mol. The van der Waals surface area contributed by atoms with Crippen LogP contribution < -0.4 is 0 Å². The third-order valence-corrected chi connectivity index (χ3v) is 0.391. The molecule has 1 N–H and O–H groups in total. The largest absolute Gasteiger partial charge is 0.481 e. The zero-order valence-corrected chi connectivity index (χ0v) is 5.54. The van der Waals surface area contributed by atoms with Crippen molar-refractivity contribution in [3.05, 3.63) is 6.92 Å². The van der Waals surface area contributed by atoms with Gasteiger partial charge in [0, 0.05) is 28.1 Å². The van der Waals surface area contributed by atoms with Crippen LogP contribution in [0.1, 0.15) is 12.8 Å². The van der Waals surface area contributed by atoms with E-state index in [4.69, 9.17) is 5.11 Å².